The number of ether oxygens (including phenoxy) is 3. The van der Waals surface area contributed by atoms with Gasteiger partial charge in [-0.3, -0.25) is 14.4 Å². The van der Waals surface area contributed by atoms with E-state index in [4.69, 9.17) is 15.2 Å². The molecule has 2 unspecified atom stereocenters. The Morgan fingerprint density at radius 3 is 1.36 bits per heavy atom. The summed E-state index contributed by atoms with van der Waals surface area (Å²) in [6, 6.07) is -0.604. The van der Waals surface area contributed by atoms with Crippen molar-refractivity contribution >= 4 is 17.9 Å². The Hall–Kier alpha value is -1.67. The predicted molar refractivity (Wildman–Crippen MR) is 208 cm³/mol. The summed E-state index contributed by atoms with van der Waals surface area (Å²) in [5.74, 6) is -0.840. The van der Waals surface area contributed by atoms with E-state index in [0.29, 0.717) is 32.4 Å². The van der Waals surface area contributed by atoms with Gasteiger partial charge in [0, 0.05) is 19.4 Å². The van der Waals surface area contributed by atoms with E-state index in [1.54, 1.807) is 0 Å². The molecule has 0 radical (unpaired) electrons. The zero-order chi connectivity index (χ0) is 36.8. The number of carbonyl (C=O) groups is 3. The monoisotopic (exact) mass is 711 g/mol. The van der Waals surface area contributed by atoms with E-state index in [-0.39, 0.29) is 18.5 Å². The molecule has 3 N–H and O–H groups in total. The van der Waals surface area contributed by atoms with E-state index < -0.39 is 18.1 Å². The summed E-state index contributed by atoms with van der Waals surface area (Å²) < 4.78 is 16.0. The molecule has 0 rings (SSSR count). The third-order valence-electron chi connectivity index (χ3n) is 9.69. The zero-order valence-electron chi connectivity index (χ0n) is 33.2. The van der Waals surface area contributed by atoms with Crippen LogP contribution in [0, 0.1) is 0 Å². The van der Waals surface area contributed by atoms with Crippen molar-refractivity contribution in [2.24, 2.45) is 5.73 Å². The molecule has 0 saturated heterocycles. The first-order valence-electron chi connectivity index (χ1n) is 21.3. The first kappa shape index (κ1) is 48.3. The highest BCUT2D eigenvalue weighted by atomic mass is 16.6. The molecule has 0 aromatic rings. The summed E-state index contributed by atoms with van der Waals surface area (Å²) in [6.45, 7) is 5.70. The highest BCUT2D eigenvalue weighted by Crippen LogP contribution is 2.15. The summed E-state index contributed by atoms with van der Waals surface area (Å²) >= 11 is 0. The zero-order valence-corrected chi connectivity index (χ0v) is 33.2. The Bertz CT molecular complexity index is 765. The number of nitrogens with one attached hydrogen (secondary N) is 1. The van der Waals surface area contributed by atoms with Crippen LogP contribution in [0.4, 0.5) is 0 Å². The number of methoxy groups -OCH3 is 1. The van der Waals surface area contributed by atoms with Gasteiger partial charge in [-0.15, -0.1) is 0 Å². The number of hydrogen-bond acceptors (Lipinski definition) is 8. The Labute approximate surface area is 308 Å². The van der Waals surface area contributed by atoms with E-state index in [9.17, 15) is 14.4 Å². The van der Waals surface area contributed by atoms with Crippen molar-refractivity contribution in [3.8, 4) is 0 Å². The minimum absolute atomic E-state index is 0.0713. The van der Waals surface area contributed by atoms with E-state index >= 15 is 0 Å². The average molecular weight is 711 g/mol. The van der Waals surface area contributed by atoms with E-state index in [1.165, 1.54) is 136 Å². The lowest BCUT2D eigenvalue weighted by Crippen LogP contribution is -2.36. The van der Waals surface area contributed by atoms with E-state index in [1.807, 2.05) is 0 Å². The van der Waals surface area contributed by atoms with Crippen molar-refractivity contribution in [2.45, 2.75) is 225 Å². The minimum atomic E-state index is -0.604. The van der Waals surface area contributed by atoms with Gasteiger partial charge in [0.2, 0.25) is 0 Å². The van der Waals surface area contributed by atoms with Crippen LogP contribution in [0.3, 0.4) is 0 Å². The third-order valence-corrected chi connectivity index (χ3v) is 9.69. The summed E-state index contributed by atoms with van der Waals surface area (Å²) in [4.78, 5) is 36.6. The highest BCUT2D eigenvalue weighted by molar-refractivity contribution is 5.75. The molecule has 0 bridgehead atoms. The second-order valence-electron chi connectivity index (χ2n) is 14.6. The molecule has 0 heterocycles. The van der Waals surface area contributed by atoms with Crippen LogP contribution in [0.15, 0.2) is 0 Å². The first-order valence-corrected chi connectivity index (χ1v) is 21.3. The van der Waals surface area contributed by atoms with Crippen LogP contribution in [0.1, 0.15) is 213 Å². The molecule has 0 aliphatic heterocycles. The van der Waals surface area contributed by atoms with Crippen LogP contribution < -0.4 is 11.1 Å². The maximum atomic E-state index is 12.7. The molecule has 2 atom stereocenters. The normalized spacial score (nSPS) is 12.5. The standard InChI is InChI=1S/C42H82N2O6/c1-4-6-8-10-12-14-16-18-20-22-24-26-28-33-40(45)49-37-38(36-44-35-31-30-32-39(43)42(47)48-3)50-41(46)34-29-27-25-23-21-19-17-15-13-11-9-7-5-2/h38-39,44H,4-37,43H2,1-3H3. The van der Waals surface area contributed by atoms with Gasteiger partial charge in [-0.25, -0.2) is 0 Å². The molecule has 0 spiro atoms. The molecule has 0 saturated carbocycles. The van der Waals surface area contributed by atoms with Gasteiger partial charge in [0.25, 0.3) is 0 Å². The quantitative estimate of drug-likeness (QED) is 0.0368. The lowest BCUT2D eigenvalue weighted by molar-refractivity contribution is -0.159. The lowest BCUT2D eigenvalue weighted by Gasteiger charge is -2.19. The molecular weight excluding hydrogens is 628 g/mol. The van der Waals surface area contributed by atoms with Gasteiger partial charge in [0.1, 0.15) is 18.8 Å². The van der Waals surface area contributed by atoms with Crippen LogP contribution in [-0.4, -0.2) is 56.9 Å². The number of unbranched alkanes of at least 4 members (excludes halogenated alkanes) is 25. The van der Waals surface area contributed by atoms with Crippen molar-refractivity contribution < 1.29 is 28.6 Å². The maximum absolute atomic E-state index is 12.7. The lowest BCUT2D eigenvalue weighted by atomic mass is 10.0. The molecule has 0 amide bonds. The second-order valence-corrected chi connectivity index (χ2v) is 14.6. The fraction of sp³-hybridized carbons (Fsp3) is 0.929. The number of carbonyl (C=O) groups excluding carboxylic acids is 3. The molecule has 0 aromatic heterocycles. The molecule has 296 valence electrons. The summed E-state index contributed by atoms with van der Waals surface area (Å²) in [5, 5.41) is 3.32. The number of nitrogens with two attached hydrogens (primary N) is 1. The second kappa shape index (κ2) is 38.6. The largest absolute Gasteiger partial charge is 0.468 e. The average Bonchev–Trinajstić information content (AvgIpc) is 3.11. The van der Waals surface area contributed by atoms with Crippen molar-refractivity contribution in [1.82, 2.24) is 5.32 Å². The Balaban J connectivity index is 4.22. The number of rotatable bonds is 39. The SMILES string of the molecule is CCCCCCCCCCCCCCCC(=O)OCC(CNCCCCC(N)C(=O)OC)OC(=O)CCCCCCCCCCCCCCC. The van der Waals surface area contributed by atoms with E-state index in [0.717, 1.165) is 51.4 Å². The van der Waals surface area contributed by atoms with Gasteiger partial charge < -0.3 is 25.3 Å². The van der Waals surface area contributed by atoms with Crippen molar-refractivity contribution in [1.29, 1.82) is 0 Å². The Morgan fingerprint density at radius 1 is 0.540 bits per heavy atom. The topological polar surface area (TPSA) is 117 Å². The maximum Gasteiger partial charge on any atom is 0.322 e. The van der Waals surface area contributed by atoms with E-state index in [2.05, 4.69) is 23.9 Å². The molecule has 50 heavy (non-hydrogen) atoms. The van der Waals surface area contributed by atoms with Crippen LogP contribution in [0.25, 0.3) is 0 Å². The molecule has 8 nitrogen and oxygen atoms in total. The summed E-state index contributed by atoms with van der Waals surface area (Å²) in [7, 11) is 1.34. The fourth-order valence-corrected chi connectivity index (χ4v) is 6.36. The minimum Gasteiger partial charge on any atom is -0.468 e. The van der Waals surface area contributed by atoms with Crippen molar-refractivity contribution in [3.63, 3.8) is 0 Å². The van der Waals surface area contributed by atoms with Gasteiger partial charge >= 0.3 is 17.9 Å². The Morgan fingerprint density at radius 2 is 0.940 bits per heavy atom. The Kier molecular flexibility index (Phi) is 37.3. The van der Waals surface area contributed by atoms with Gasteiger partial charge in [0.15, 0.2) is 0 Å². The van der Waals surface area contributed by atoms with Crippen LogP contribution in [-0.2, 0) is 28.6 Å². The third kappa shape index (κ3) is 34.8. The molecule has 0 aromatic carbocycles. The van der Waals surface area contributed by atoms with Crippen LogP contribution >= 0.6 is 0 Å². The van der Waals surface area contributed by atoms with Crippen molar-refractivity contribution in [2.75, 3.05) is 26.8 Å². The molecule has 0 fully saturated rings. The van der Waals surface area contributed by atoms with Gasteiger partial charge in [-0.05, 0) is 32.2 Å². The van der Waals surface area contributed by atoms with Crippen LogP contribution in [0.2, 0.25) is 0 Å². The molecular formula is C42H82N2O6. The predicted octanol–water partition coefficient (Wildman–Crippen LogP) is 10.7. The van der Waals surface area contributed by atoms with Crippen molar-refractivity contribution in [3.05, 3.63) is 0 Å². The number of hydrogen-bond donors (Lipinski definition) is 2. The summed E-state index contributed by atoms with van der Waals surface area (Å²) in [5.41, 5.74) is 5.82. The van der Waals surface area contributed by atoms with Crippen LogP contribution in [0.5, 0.6) is 0 Å². The molecule has 0 aliphatic carbocycles. The molecule has 0 aliphatic rings. The first-order chi connectivity index (χ1) is 24.4. The highest BCUT2D eigenvalue weighted by Gasteiger charge is 2.17. The fourth-order valence-electron chi connectivity index (χ4n) is 6.36. The van der Waals surface area contributed by atoms with Gasteiger partial charge in [0.05, 0.1) is 7.11 Å². The molecule has 8 heteroatoms. The van der Waals surface area contributed by atoms with Gasteiger partial charge in [-0.2, -0.15) is 0 Å². The summed E-state index contributed by atoms with van der Waals surface area (Å²) in [6.07, 6.45) is 35.3. The smallest absolute Gasteiger partial charge is 0.322 e. The van der Waals surface area contributed by atoms with Gasteiger partial charge in [-0.1, -0.05) is 174 Å². The number of esters is 3.